The maximum atomic E-state index is 14.7. The fourth-order valence-corrected chi connectivity index (χ4v) is 8.33. The van der Waals surface area contributed by atoms with E-state index in [0.717, 1.165) is 36.4 Å². The Morgan fingerprint density at radius 3 is 1.32 bits per heavy atom. The molecule has 78 heavy (non-hydrogen) atoms. The van der Waals surface area contributed by atoms with Crippen LogP contribution < -0.4 is 33.6 Å². The summed E-state index contributed by atoms with van der Waals surface area (Å²) in [6, 6.07) is 28.0. The number of hydrogen-bond acceptors (Lipinski definition) is 16. The van der Waals surface area contributed by atoms with Gasteiger partial charge in [0, 0.05) is 84.8 Å². The lowest BCUT2D eigenvalue weighted by molar-refractivity contribution is -0.385. The van der Waals surface area contributed by atoms with Crippen LogP contribution in [-0.4, -0.2) is 88.9 Å². The number of imidazole rings is 2. The summed E-state index contributed by atoms with van der Waals surface area (Å²) in [6.07, 6.45) is 2.63. The van der Waals surface area contributed by atoms with E-state index in [1.807, 2.05) is 0 Å². The maximum absolute atomic E-state index is 14.7. The first kappa shape index (κ1) is 56.2. The van der Waals surface area contributed by atoms with Gasteiger partial charge < -0.3 is 42.7 Å². The van der Waals surface area contributed by atoms with Crippen molar-refractivity contribution in [2.45, 2.75) is 50.9 Å². The van der Waals surface area contributed by atoms with Gasteiger partial charge in [0.15, 0.2) is 11.6 Å². The number of fused-ring (bicyclic) bond motifs is 2. The standard InChI is InChI=1S/2C26H26FN7O5/c27-22-9-8-21(34(38)39)12-18(22)15-32-24-10-5-17(16-3-6-20(7-4-16)33(36)37)13-23(24)31-25(32)26(35)30-14-19(29)2-1-11-28;27-22-9-8-21(34(38)39)12-18(22)15-32-24-13-17(16-3-6-20(7-4-16)33(36)37)5-10-23(24)31-25(32)26(35)30-14-19(29)2-1-11-28/h2*3-10,12-13,19H,1-2,11,14-15,28-29H2,(H,30,35)/t2*19-/m00/s1. The fraction of sp³-hybridized carbons (Fsp3) is 0.231. The predicted molar refractivity (Wildman–Crippen MR) is 285 cm³/mol. The van der Waals surface area contributed by atoms with Crippen LogP contribution in [0.15, 0.2) is 121 Å². The number of benzene rings is 6. The Morgan fingerprint density at radius 1 is 0.500 bits per heavy atom. The number of carbonyl (C=O) groups excluding carboxylic acids is 2. The van der Waals surface area contributed by atoms with E-state index in [0.29, 0.717) is 83.1 Å². The molecule has 0 spiro atoms. The first-order valence-electron chi connectivity index (χ1n) is 24.2. The fourth-order valence-electron chi connectivity index (χ4n) is 8.33. The second-order valence-corrected chi connectivity index (χ2v) is 17.9. The zero-order valence-corrected chi connectivity index (χ0v) is 41.5. The third-order valence-corrected chi connectivity index (χ3v) is 12.5. The van der Waals surface area contributed by atoms with Gasteiger partial charge in [-0.2, -0.15) is 0 Å². The van der Waals surface area contributed by atoms with Crippen LogP contribution in [-0.2, 0) is 13.1 Å². The molecule has 2 aromatic heterocycles. The van der Waals surface area contributed by atoms with Crippen molar-refractivity contribution >= 4 is 56.6 Å². The molecule has 8 aromatic rings. The van der Waals surface area contributed by atoms with Gasteiger partial charge >= 0.3 is 0 Å². The van der Waals surface area contributed by atoms with E-state index in [1.54, 1.807) is 60.7 Å². The maximum Gasteiger partial charge on any atom is 0.287 e. The Bertz CT molecular complexity index is 3510. The molecule has 0 saturated carbocycles. The van der Waals surface area contributed by atoms with Gasteiger partial charge in [0.05, 0.1) is 54.8 Å². The number of non-ortho nitro benzene ring substituents is 4. The van der Waals surface area contributed by atoms with Crippen molar-refractivity contribution in [2.75, 3.05) is 26.2 Å². The highest BCUT2D eigenvalue weighted by Gasteiger charge is 2.24. The van der Waals surface area contributed by atoms with Crippen molar-refractivity contribution in [3.63, 3.8) is 0 Å². The monoisotopic (exact) mass is 1070 g/mol. The molecule has 404 valence electrons. The lowest BCUT2D eigenvalue weighted by Crippen LogP contribution is -2.38. The molecule has 0 unspecified atom stereocenters. The molecule has 24 nitrogen and oxygen atoms in total. The lowest BCUT2D eigenvalue weighted by Gasteiger charge is -2.14. The molecule has 0 fully saturated rings. The van der Waals surface area contributed by atoms with E-state index in [2.05, 4.69) is 20.6 Å². The number of nitrogens with two attached hydrogens (primary N) is 4. The Morgan fingerprint density at radius 2 is 0.885 bits per heavy atom. The Labute approximate surface area is 441 Å². The molecule has 10 N–H and O–H groups in total. The van der Waals surface area contributed by atoms with Crippen molar-refractivity contribution < 1.29 is 38.1 Å². The summed E-state index contributed by atoms with van der Waals surface area (Å²) >= 11 is 0. The highest BCUT2D eigenvalue weighted by atomic mass is 19.1. The zero-order valence-electron chi connectivity index (χ0n) is 41.5. The van der Waals surface area contributed by atoms with Gasteiger partial charge in [-0.05, 0) is 122 Å². The van der Waals surface area contributed by atoms with Crippen molar-refractivity contribution in [1.29, 1.82) is 0 Å². The van der Waals surface area contributed by atoms with Crippen LogP contribution >= 0.6 is 0 Å². The first-order chi connectivity index (χ1) is 37.3. The Balaban J connectivity index is 0.000000226. The summed E-state index contributed by atoms with van der Waals surface area (Å²) in [4.78, 5) is 77.6. The third-order valence-electron chi connectivity index (χ3n) is 12.5. The molecule has 0 aliphatic rings. The van der Waals surface area contributed by atoms with E-state index in [-0.39, 0.29) is 83.8 Å². The highest BCUT2D eigenvalue weighted by molar-refractivity contribution is 5.97. The third kappa shape index (κ3) is 13.7. The quantitative estimate of drug-likeness (QED) is 0.0294. The summed E-state index contributed by atoms with van der Waals surface area (Å²) in [5.74, 6) is -2.48. The summed E-state index contributed by atoms with van der Waals surface area (Å²) in [7, 11) is 0. The summed E-state index contributed by atoms with van der Waals surface area (Å²) < 4.78 is 32.4. The lowest BCUT2D eigenvalue weighted by atomic mass is 10.0. The van der Waals surface area contributed by atoms with E-state index < -0.39 is 43.1 Å². The van der Waals surface area contributed by atoms with Gasteiger partial charge in [-0.1, -0.05) is 12.1 Å². The van der Waals surface area contributed by atoms with Gasteiger partial charge in [0.1, 0.15) is 11.6 Å². The molecule has 2 amide bonds. The van der Waals surface area contributed by atoms with Gasteiger partial charge in [0.2, 0.25) is 0 Å². The highest BCUT2D eigenvalue weighted by Crippen LogP contribution is 2.31. The van der Waals surface area contributed by atoms with Crippen LogP contribution in [0.25, 0.3) is 44.3 Å². The molecular formula is C52H52F2N14O10. The van der Waals surface area contributed by atoms with Crippen LogP contribution in [0.5, 0.6) is 0 Å². The summed E-state index contributed by atoms with van der Waals surface area (Å²) in [6.45, 7) is 0.883. The molecule has 2 atom stereocenters. The molecule has 0 bridgehead atoms. The number of rotatable bonds is 22. The van der Waals surface area contributed by atoms with Crippen LogP contribution in [0.2, 0.25) is 0 Å². The molecule has 0 radical (unpaired) electrons. The van der Waals surface area contributed by atoms with E-state index in [4.69, 9.17) is 22.9 Å². The Hall–Kier alpha value is -9.50. The molecule has 2 heterocycles. The van der Waals surface area contributed by atoms with Gasteiger partial charge in [-0.15, -0.1) is 0 Å². The van der Waals surface area contributed by atoms with E-state index >= 15 is 0 Å². The molecule has 0 aliphatic carbocycles. The van der Waals surface area contributed by atoms with E-state index in [9.17, 15) is 58.8 Å². The average Bonchev–Trinajstić information content (AvgIpc) is 4.00. The number of nitro groups is 4. The topological polar surface area (TPSA) is 370 Å². The van der Waals surface area contributed by atoms with Crippen LogP contribution in [0.3, 0.4) is 0 Å². The number of halogens is 2. The van der Waals surface area contributed by atoms with Crippen molar-refractivity contribution in [3.05, 3.63) is 196 Å². The summed E-state index contributed by atoms with van der Waals surface area (Å²) in [5.41, 5.74) is 27.0. The second-order valence-electron chi connectivity index (χ2n) is 17.9. The molecular weight excluding hydrogens is 1020 g/mol. The zero-order chi connectivity index (χ0) is 56.2. The molecule has 0 aliphatic heterocycles. The number of hydrogen-bond donors (Lipinski definition) is 6. The average molecular weight is 1070 g/mol. The van der Waals surface area contributed by atoms with Crippen molar-refractivity contribution in [1.82, 2.24) is 29.7 Å². The number of nitro benzene ring substituents is 4. The SMILES string of the molecule is NCCC[C@H](N)CNC(=O)c1nc2cc(-c3ccc([N+](=O)[O-])cc3)ccc2n1Cc1cc([N+](=O)[O-])ccc1F.NCCC[C@H](N)CNC(=O)c1nc2ccc(-c3ccc([N+](=O)[O-])cc3)cc2n1Cc1cc([N+](=O)[O-])ccc1F. The van der Waals surface area contributed by atoms with Crippen LogP contribution in [0.1, 0.15) is 58.0 Å². The largest absolute Gasteiger partial charge is 0.348 e. The first-order valence-corrected chi connectivity index (χ1v) is 24.2. The summed E-state index contributed by atoms with van der Waals surface area (Å²) in [5, 5.41) is 50.0. The van der Waals surface area contributed by atoms with Crippen LogP contribution in [0, 0.1) is 52.1 Å². The molecule has 8 rings (SSSR count). The van der Waals surface area contributed by atoms with Gasteiger partial charge in [0.25, 0.3) is 34.6 Å². The number of aromatic nitrogens is 4. The van der Waals surface area contributed by atoms with Gasteiger partial charge in [-0.25, -0.2) is 18.7 Å². The normalized spacial score (nSPS) is 11.9. The Kier molecular flexibility index (Phi) is 18.3. The van der Waals surface area contributed by atoms with Crippen molar-refractivity contribution in [3.8, 4) is 22.3 Å². The number of nitrogens with one attached hydrogen (secondary N) is 2. The smallest absolute Gasteiger partial charge is 0.287 e. The predicted octanol–water partition coefficient (Wildman–Crippen LogP) is 7.01. The van der Waals surface area contributed by atoms with E-state index in [1.165, 1.54) is 33.4 Å². The molecule has 26 heteroatoms. The minimum atomic E-state index is -0.677. The minimum absolute atomic E-state index is 0.00191. The van der Waals surface area contributed by atoms with Crippen LogP contribution in [0.4, 0.5) is 31.5 Å². The molecule has 0 saturated heterocycles. The minimum Gasteiger partial charge on any atom is -0.348 e. The number of carbonyl (C=O) groups is 2. The second kappa shape index (κ2) is 25.4. The number of nitrogens with zero attached hydrogens (tertiary/aromatic N) is 8. The molecule has 6 aromatic carbocycles. The number of amides is 2. The van der Waals surface area contributed by atoms with Gasteiger partial charge in [-0.3, -0.25) is 50.0 Å². The van der Waals surface area contributed by atoms with Crippen molar-refractivity contribution in [2.24, 2.45) is 22.9 Å².